The van der Waals surface area contributed by atoms with E-state index in [4.69, 9.17) is 4.74 Å². The van der Waals surface area contributed by atoms with E-state index in [-0.39, 0.29) is 6.54 Å². The van der Waals surface area contributed by atoms with Crippen LogP contribution in [0.5, 0.6) is 5.75 Å². The van der Waals surface area contributed by atoms with Crippen LogP contribution in [-0.4, -0.2) is 21.6 Å². The molecule has 0 fully saturated rings. The third-order valence-electron chi connectivity index (χ3n) is 4.57. The van der Waals surface area contributed by atoms with Crippen molar-refractivity contribution < 1.29 is 13.2 Å². The molecular weight excluding hydrogens is 334 g/mol. The van der Waals surface area contributed by atoms with Crippen molar-refractivity contribution in [1.29, 1.82) is 0 Å². The molecule has 0 aliphatic heterocycles. The number of rotatable bonds is 7. The van der Waals surface area contributed by atoms with Gasteiger partial charge in [-0.05, 0) is 60.1 Å². The summed E-state index contributed by atoms with van der Waals surface area (Å²) in [6, 6.07) is 13.3. The van der Waals surface area contributed by atoms with Gasteiger partial charge in [0.05, 0.1) is 4.90 Å². The van der Waals surface area contributed by atoms with E-state index in [1.807, 2.05) is 30.3 Å². The zero-order valence-electron chi connectivity index (χ0n) is 14.8. The summed E-state index contributed by atoms with van der Waals surface area (Å²) >= 11 is 0. The SMILES string of the molecule is CC(C)c1ccccc1OCCNS(=O)(=O)c1ccc2c(c1)CCC2. The third kappa shape index (κ3) is 4.22. The van der Waals surface area contributed by atoms with Crippen molar-refractivity contribution in [1.82, 2.24) is 4.72 Å². The number of fused-ring (bicyclic) bond motifs is 1. The molecule has 25 heavy (non-hydrogen) atoms. The number of para-hydroxylation sites is 1. The lowest BCUT2D eigenvalue weighted by atomic mass is 10.0. The van der Waals surface area contributed by atoms with Crippen molar-refractivity contribution in [2.45, 2.75) is 43.9 Å². The maximum Gasteiger partial charge on any atom is 0.240 e. The van der Waals surface area contributed by atoms with Crippen LogP contribution in [0.4, 0.5) is 0 Å². The monoisotopic (exact) mass is 359 g/mol. The van der Waals surface area contributed by atoms with Gasteiger partial charge in [0.1, 0.15) is 12.4 Å². The second-order valence-corrected chi connectivity index (χ2v) is 8.49. The molecule has 0 unspecified atom stereocenters. The van der Waals surface area contributed by atoms with Crippen molar-refractivity contribution in [2.24, 2.45) is 0 Å². The maximum absolute atomic E-state index is 12.5. The molecule has 3 rings (SSSR count). The molecule has 0 saturated heterocycles. The Balaban J connectivity index is 1.58. The molecule has 1 aliphatic carbocycles. The Kier molecular flexibility index (Phi) is 5.45. The predicted molar refractivity (Wildman–Crippen MR) is 99.7 cm³/mol. The molecule has 0 aromatic heterocycles. The van der Waals surface area contributed by atoms with E-state index >= 15 is 0 Å². The van der Waals surface area contributed by atoms with Gasteiger partial charge >= 0.3 is 0 Å². The topological polar surface area (TPSA) is 55.4 Å². The van der Waals surface area contributed by atoms with E-state index < -0.39 is 10.0 Å². The Labute approximate surface area is 150 Å². The summed E-state index contributed by atoms with van der Waals surface area (Å²) in [5, 5.41) is 0. The normalized spacial score (nSPS) is 13.9. The zero-order chi connectivity index (χ0) is 17.9. The molecule has 0 heterocycles. The fourth-order valence-electron chi connectivity index (χ4n) is 3.22. The summed E-state index contributed by atoms with van der Waals surface area (Å²) in [7, 11) is -3.49. The third-order valence-corrected chi connectivity index (χ3v) is 6.03. The molecule has 5 heteroatoms. The Morgan fingerprint density at radius 1 is 1.08 bits per heavy atom. The second-order valence-electron chi connectivity index (χ2n) is 6.72. The number of aryl methyl sites for hydroxylation is 2. The van der Waals surface area contributed by atoms with E-state index in [2.05, 4.69) is 18.6 Å². The van der Waals surface area contributed by atoms with Gasteiger partial charge in [-0.25, -0.2) is 13.1 Å². The fourth-order valence-corrected chi connectivity index (χ4v) is 4.29. The molecule has 2 aromatic rings. The Morgan fingerprint density at radius 2 is 1.84 bits per heavy atom. The highest BCUT2D eigenvalue weighted by atomic mass is 32.2. The number of sulfonamides is 1. The highest BCUT2D eigenvalue weighted by molar-refractivity contribution is 7.89. The molecule has 0 bridgehead atoms. The summed E-state index contributed by atoms with van der Waals surface area (Å²) in [4.78, 5) is 0.343. The van der Waals surface area contributed by atoms with Gasteiger partial charge in [-0.3, -0.25) is 0 Å². The number of nitrogens with one attached hydrogen (secondary N) is 1. The average Bonchev–Trinajstić information content (AvgIpc) is 3.06. The molecule has 2 aromatic carbocycles. The van der Waals surface area contributed by atoms with Crippen LogP contribution >= 0.6 is 0 Å². The first-order valence-corrected chi connectivity index (χ1v) is 10.3. The molecule has 4 nitrogen and oxygen atoms in total. The van der Waals surface area contributed by atoms with Gasteiger partial charge in [0, 0.05) is 6.54 Å². The molecule has 0 amide bonds. The largest absolute Gasteiger partial charge is 0.492 e. The second kappa shape index (κ2) is 7.58. The van der Waals surface area contributed by atoms with Crippen LogP contribution in [0.2, 0.25) is 0 Å². The maximum atomic E-state index is 12.5. The van der Waals surface area contributed by atoms with Crippen molar-refractivity contribution in [3.8, 4) is 5.75 Å². The quantitative estimate of drug-likeness (QED) is 0.768. The highest BCUT2D eigenvalue weighted by Gasteiger charge is 2.18. The summed E-state index contributed by atoms with van der Waals surface area (Å²) in [6.07, 6.45) is 3.12. The number of ether oxygens (including phenoxy) is 1. The number of hydrogen-bond acceptors (Lipinski definition) is 3. The van der Waals surface area contributed by atoms with E-state index in [0.29, 0.717) is 17.4 Å². The Morgan fingerprint density at radius 3 is 2.64 bits per heavy atom. The van der Waals surface area contributed by atoms with Crippen molar-refractivity contribution in [3.05, 3.63) is 59.2 Å². The molecule has 0 radical (unpaired) electrons. The smallest absolute Gasteiger partial charge is 0.240 e. The summed E-state index contributed by atoms with van der Waals surface area (Å²) in [5.41, 5.74) is 3.56. The summed E-state index contributed by atoms with van der Waals surface area (Å²) < 4.78 is 33.3. The van der Waals surface area contributed by atoms with Gasteiger partial charge < -0.3 is 4.74 Å². The zero-order valence-corrected chi connectivity index (χ0v) is 15.6. The molecule has 1 aliphatic rings. The minimum atomic E-state index is -3.49. The molecular formula is C20H25NO3S. The van der Waals surface area contributed by atoms with Crippen LogP contribution in [0.1, 0.15) is 42.9 Å². The van der Waals surface area contributed by atoms with E-state index in [1.165, 1.54) is 5.56 Å². The Bertz CT molecular complexity index is 844. The van der Waals surface area contributed by atoms with Gasteiger partial charge in [0.15, 0.2) is 0 Å². The number of hydrogen-bond donors (Lipinski definition) is 1. The van der Waals surface area contributed by atoms with Gasteiger partial charge in [-0.1, -0.05) is 38.1 Å². The summed E-state index contributed by atoms with van der Waals surface area (Å²) in [5.74, 6) is 1.17. The van der Waals surface area contributed by atoms with Gasteiger partial charge in [0.2, 0.25) is 10.0 Å². The molecule has 1 N–H and O–H groups in total. The van der Waals surface area contributed by atoms with Crippen LogP contribution < -0.4 is 9.46 Å². The van der Waals surface area contributed by atoms with Crippen molar-refractivity contribution in [3.63, 3.8) is 0 Å². The minimum absolute atomic E-state index is 0.242. The lowest BCUT2D eigenvalue weighted by Crippen LogP contribution is -2.28. The van der Waals surface area contributed by atoms with Gasteiger partial charge in [0.25, 0.3) is 0 Å². The molecule has 0 spiro atoms. The standard InChI is InChI=1S/C20H25NO3S/c1-15(2)19-8-3-4-9-20(19)24-13-12-21-25(22,23)18-11-10-16-6-5-7-17(16)14-18/h3-4,8-11,14-15,21H,5-7,12-13H2,1-2H3. The van der Waals surface area contributed by atoms with E-state index in [0.717, 1.165) is 36.1 Å². The Hall–Kier alpha value is -1.85. The van der Waals surface area contributed by atoms with Crippen LogP contribution in [0.15, 0.2) is 47.4 Å². The van der Waals surface area contributed by atoms with Gasteiger partial charge in [-0.2, -0.15) is 0 Å². The highest BCUT2D eigenvalue weighted by Crippen LogP contribution is 2.26. The molecule has 134 valence electrons. The molecule has 0 atom stereocenters. The first kappa shape index (κ1) is 18.0. The van der Waals surface area contributed by atoms with Crippen LogP contribution in [-0.2, 0) is 22.9 Å². The molecule has 0 saturated carbocycles. The van der Waals surface area contributed by atoms with Gasteiger partial charge in [-0.15, -0.1) is 0 Å². The number of benzene rings is 2. The fraction of sp³-hybridized carbons (Fsp3) is 0.400. The average molecular weight is 359 g/mol. The predicted octanol–water partition coefficient (Wildman–Crippen LogP) is 3.66. The van der Waals surface area contributed by atoms with Crippen molar-refractivity contribution in [2.75, 3.05) is 13.2 Å². The lowest BCUT2D eigenvalue weighted by molar-refractivity contribution is 0.318. The van der Waals surface area contributed by atoms with E-state index in [9.17, 15) is 8.42 Å². The van der Waals surface area contributed by atoms with Crippen LogP contribution in [0.25, 0.3) is 0 Å². The van der Waals surface area contributed by atoms with Crippen molar-refractivity contribution >= 4 is 10.0 Å². The lowest BCUT2D eigenvalue weighted by Gasteiger charge is -2.14. The minimum Gasteiger partial charge on any atom is -0.492 e. The van der Waals surface area contributed by atoms with Crippen LogP contribution in [0.3, 0.4) is 0 Å². The van der Waals surface area contributed by atoms with E-state index in [1.54, 1.807) is 12.1 Å². The first-order chi connectivity index (χ1) is 12.0. The summed E-state index contributed by atoms with van der Waals surface area (Å²) in [6.45, 7) is 4.76. The van der Waals surface area contributed by atoms with Crippen LogP contribution in [0, 0.1) is 0 Å². The first-order valence-electron chi connectivity index (χ1n) is 8.80.